The van der Waals surface area contributed by atoms with Crippen LogP contribution in [0.4, 0.5) is 10.8 Å². The number of hydrogen-bond donors (Lipinski definition) is 2. The first-order valence-corrected chi connectivity index (χ1v) is 11.7. The van der Waals surface area contributed by atoms with Crippen LogP contribution < -0.4 is 29.6 Å². The highest BCUT2D eigenvalue weighted by Crippen LogP contribution is 2.31. The van der Waals surface area contributed by atoms with Gasteiger partial charge in [-0.1, -0.05) is 29.2 Å². The largest absolute Gasteiger partial charge is 0.493 e. The Morgan fingerprint density at radius 2 is 1.47 bits per heavy atom. The minimum atomic E-state index is -0.244. The van der Waals surface area contributed by atoms with Crippen LogP contribution in [0.25, 0.3) is 0 Å². The van der Waals surface area contributed by atoms with Gasteiger partial charge in [0.15, 0.2) is 27.3 Å². The van der Waals surface area contributed by atoms with Crippen LogP contribution in [0.15, 0.2) is 40.7 Å². The second-order valence-electron chi connectivity index (χ2n) is 6.69. The summed E-state index contributed by atoms with van der Waals surface area (Å²) in [6, 6.07) is 10.4. The van der Waals surface area contributed by atoms with Gasteiger partial charge in [-0.05, 0) is 29.8 Å². The van der Waals surface area contributed by atoms with Crippen molar-refractivity contribution in [3.63, 3.8) is 0 Å². The molecule has 0 radical (unpaired) electrons. The van der Waals surface area contributed by atoms with E-state index in [9.17, 15) is 9.59 Å². The Morgan fingerprint density at radius 1 is 0.824 bits per heavy atom. The van der Waals surface area contributed by atoms with Crippen LogP contribution in [0, 0.1) is 0 Å². The van der Waals surface area contributed by atoms with E-state index in [-0.39, 0.29) is 24.0 Å². The Labute approximate surface area is 205 Å². The van der Waals surface area contributed by atoms with E-state index in [0.29, 0.717) is 38.2 Å². The van der Waals surface area contributed by atoms with Gasteiger partial charge in [0.2, 0.25) is 16.9 Å². The molecule has 12 heteroatoms. The predicted molar refractivity (Wildman–Crippen MR) is 131 cm³/mol. The van der Waals surface area contributed by atoms with Gasteiger partial charge in [-0.2, -0.15) is 0 Å². The van der Waals surface area contributed by atoms with Gasteiger partial charge in [0.1, 0.15) is 0 Å². The number of amides is 2. The minimum Gasteiger partial charge on any atom is -0.493 e. The lowest BCUT2D eigenvalue weighted by molar-refractivity contribution is -0.115. The molecule has 0 aliphatic heterocycles. The lowest BCUT2D eigenvalue weighted by Crippen LogP contribution is -2.14. The van der Waals surface area contributed by atoms with Crippen LogP contribution in [-0.2, 0) is 16.0 Å². The zero-order chi connectivity index (χ0) is 24.5. The lowest BCUT2D eigenvalue weighted by atomic mass is 10.1. The summed E-state index contributed by atoms with van der Waals surface area (Å²) in [5.74, 6) is 1.90. The van der Waals surface area contributed by atoms with E-state index in [1.165, 1.54) is 37.3 Å². The fraction of sp³-hybridized carbons (Fsp3) is 0.273. The van der Waals surface area contributed by atoms with Gasteiger partial charge in [-0.15, -0.1) is 10.2 Å². The molecule has 0 spiro atoms. The lowest BCUT2D eigenvalue weighted by Gasteiger charge is -2.10. The van der Waals surface area contributed by atoms with Crippen molar-refractivity contribution in [2.45, 2.75) is 10.8 Å². The van der Waals surface area contributed by atoms with E-state index >= 15 is 0 Å². The van der Waals surface area contributed by atoms with Crippen molar-refractivity contribution < 1.29 is 28.5 Å². The van der Waals surface area contributed by atoms with E-state index in [2.05, 4.69) is 20.8 Å². The molecule has 2 amide bonds. The van der Waals surface area contributed by atoms with Gasteiger partial charge in [-0.3, -0.25) is 9.59 Å². The molecule has 0 bridgehead atoms. The Hall–Kier alpha value is -3.51. The summed E-state index contributed by atoms with van der Waals surface area (Å²) in [4.78, 5) is 24.7. The molecular formula is C22H24N4O6S2. The van der Waals surface area contributed by atoms with Crippen molar-refractivity contribution in [3.05, 3.63) is 42.0 Å². The molecule has 34 heavy (non-hydrogen) atoms. The van der Waals surface area contributed by atoms with Gasteiger partial charge in [0.25, 0.3) is 0 Å². The van der Waals surface area contributed by atoms with Crippen LogP contribution in [0.1, 0.15) is 5.56 Å². The van der Waals surface area contributed by atoms with E-state index in [0.717, 1.165) is 5.56 Å². The number of hydrogen-bond acceptors (Lipinski definition) is 10. The monoisotopic (exact) mass is 504 g/mol. The topological polar surface area (TPSA) is 121 Å². The summed E-state index contributed by atoms with van der Waals surface area (Å²) < 4.78 is 21.4. The molecule has 3 rings (SSSR count). The summed E-state index contributed by atoms with van der Waals surface area (Å²) in [5, 5.41) is 13.9. The highest BCUT2D eigenvalue weighted by molar-refractivity contribution is 8.01. The molecule has 2 aromatic carbocycles. The van der Waals surface area contributed by atoms with Gasteiger partial charge < -0.3 is 29.6 Å². The summed E-state index contributed by atoms with van der Waals surface area (Å²) in [5.41, 5.74) is 1.35. The number of anilines is 2. The Bertz CT molecular complexity index is 1150. The van der Waals surface area contributed by atoms with Crippen LogP contribution in [0.5, 0.6) is 23.0 Å². The number of carbonyl (C=O) groups excluding carboxylic acids is 2. The van der Waals surface area contributed by atoms with Crippen molar-refractivity contribution in [1.82, 2.24) is 10.2 Å². The zero-order valence-electron chi connectivity index (χ0n) is 19.0. The SMILES string of the molecule is COc1ccc(CC(=O)Nc2nnc(SCC(=O)Nc3ccc(OC)c(OC)c3)s2)cc1OC. The van der Waals surface area contributed by atoms with Crippen molar-refractivity contribution in [2.24, 2.45) is 0 Å². The van der Waals surface area contributed by atoms with E-state index in [1.807, 2.05) is 0 Å². The standard InChI is InChI=1S/C22H24N4O6S2/c1-29-15-7-5-13(9-17(15)31-3)10-19(27)24-21-25-26-22(34-21)33-12-20(28)23-14-6-8-16(30-2)18(11-14)32-4/h5-9,11H,10,12H2,1-4H3,(H,23,28)(H,24,25,27). The number of carbonyl (C=O) groups is 2. The first-order valence-electron chi connectivity index (χ1n) is 9.94. The average Bonchev–Trinajstić information content (AvgIpc) is 3.29. The third kappa shape index (κ3) is 6.75. The minimum absolute atomic E-state index is 0.128. The molecule has 0 aliphatic carbocycles. The van der Waals surface area contributed by atoms with E-state index in [4.69, 9.17) is 18.9 Å². The quantitative estimate of drug-likeness (QED) is 0.299. The molecule has 180 valence electrons. The van der Waals surface area contributed by atoms with E-state index < -0.39 is 0 Å². The second-order valence-corrected chi connectivity index (χ2v) is 8.89. The Kier molecular flexibility index (Phi) is 8.93. The molecule has 0 atom stereocenters. The first-order chi connectivity index (χ1) is 16.4. The molecule has 0 fully saturated rings. The smallest absolute Gasteiger partial charge is 0.234 e. The Balaban J connectivity index is 1.49. The van der Waals surface area contributed by atoms with Gasteiger partial charge in [0, 0.05) is 11.8 Å². The normalized spacial score (nSPS) is 10.4. The summed E-state index contributed by atoms with van der Waals surface area (Å²) >= 11 is 2.41. The van der Waals surface area contributed by atoms with Crippen molar-refractivity contribution in [1.29, 1.82) is 0 Å². The number of rotatable bonds is 11. The van der Waals surface area contributed by atoms with Crippen molar-refractivity contribution in [3.8, 4) is 23.0 Å². The van der Waals surface area contributed by atoms with Crippen LogP contribution in [-0.4, -0.2) is 56.2 Å². The summed E-state index contributed by atoms with van der Waals surface area (Å²) in [7, 11) is 6.16. The maximum atomic E-state index is 12.4. The molecule has 1 aromatic heterocycles. The van der Waals surface area contributed by atoms with Crippen LogP contribution in [0.2, 0.25) is 0 Å². The molecule has 2 N–H and O–H groups in total. The number of methoxy groups -OCH3 is 4. The molecule has 3 aromatic rings. The molecule has 0 saturated heterocycles. The van der Waals surface area contributed by atoms with Gasteiger partial charge in [-0.25, -0.2) is 0 Å². The average molecular weight is 505 g/mol. The fourth-order valence-corrected chi connectivity index (χ4v) is 4.46. The molecular weight excluding hydrogens is 480 g/mol. The number of ether oxygens (including phenoxy) is 4. The fourth-order valence-electron chi connectivity index (χ4n) is 2.90. The maximum absolute atomic E-state index is 12.4. The van der Waals surface area contributed by atoms with Gasteiger partial charge in [0.05, 0.1) is 40.6 Å². The molecule has 1 heterocycles. The number of aromatic nitrogens is 2. The van der Waals surface area contributed by atoms with Crippen LogP contribution in [0.3, 0.4) is 0 Å². The number of benzene rings is 2. The summed E-state index contributed by atoms with van der Waals surface area (Å²) in [6.45, 7) is 0. The summed E-state index contributed by atoms with van der Waals surface area (Å²) in [6.07, 6.45) is 0.135. The zero-order valence-corrected chi connectivity index (χ0v) is 20.7. The number of thioether (sulfide) groups is 1. The first kappa shape index (κ1) is 25.1. The van der Waals surface area contributed by atoms with Crippen LogP contribution >= 0.6 is 23.1 Å². The molecule has 0 aliphatic rings. The highest BCUT2D eigenvalue weighted by atomic mass is 32.2. The third-order valence-electron chi connectivity index (χ3n) is 4.46. The third-order valence-corrected chi connectivity index (χ3v) is 6.43. The number of nitrogens with one attached hydrogen (secondary N) is 2. The second kappa shape index (κ2) is 12.1. The van der Waals surface area contributed by atoms with Crippen molar-refractivity contribution in [2.75, 3.05) is 44.8 Å². The Morgan fingerprint density at radius 3 is 2.15 bits per heavy atom. The highest BCUT2D eigenvalue weighted by Gasteiger charge is 2.13. The van der Waals surface area contributed by atoms with Gasteiger partial charge >= 0.3 is 0 Å². The van der Waals surface area contributed by atoms with E-state index in [1.54, 1.807) is 50.6 Å². The van der Waals surface area contributed by atoms with Crippen molar-refractivity contribution >= 4 is 45.7 Å². The maximum Gasteiger partial charge on any atom is 0.234 e. The predicted octanol–water partition coefficient (Wildman–Crippen LogP) is 3.48. The number of nitrogens with zero attached hydrogens (tertiary/aromatic N) is 2. The molecule has 0 saturated carbocycles. The molecule has 10 nitrogen and oxygen atoms in total. The molecule has 0 unspecified atom stereocenters.